The molecule has 6 N–H and O–H groups in total. The number of piperidine rings is 6. The zero-order valence-corrected chi connectivity index (χ0v) is 44.4. The number of para-hydroxylation sites is 2. The molecule has 6 fully saturated rings. The highest BCUT2D eigenvalue weighted by atomic mass is 16.5. The van der Waals surface area contributed by atoms with Crippen molar-refractivity contribution < 1.29 is 19.7 Å². The Labute approximate surface area is 457 Å². The maximum atomic E-state index is 13.4. The minimum Gasteiger partial charge on any atom is -0.497 e. The third-order valence-electron chi connectivity index (χ3n) is 18.9. The summed E-state index contributed by atoms with van der Waals surface area (Å²) in [5.74, 6) is 3.15. The van der Waals surface area contributed by atoms with Gasteiger partial charge in [0.15, 0.2) is 0 Å². The maximum absolute atomic E-state index is 13.4. The van der Waals surface area contributed by atoms with Gasteiger partial charge in [0.1, 0.15) is 11.5 Å². The number of ether oxygens (including phenoxy) is 2. The molecule has 5 aromatic carbocycles. The molecule has 4 bridgehead atoms. The molecule has 10 aliphatic rings. The Bertz CT molecular complexity index is 3280. The fourth-order valence-electron chi connectivity index (χ4n) is 15.0. The molecular weight excluding hydrogens is 969 g/mol. The number of aliphatic hydroxyl groups excluding tert-OH is 2. The molecule has 0 spiro atoms. The van der Waals surface area contributed by atoms with Gasteiger partial charge in [0.05, 0.1) is 62.0 Å². The lowest BCUT2D eigenvalue weighted by Crippen LogP contribution is -2.57. The predicted molar refractivity (Wildman–Crippen MR) is 313 cm³/mol. The van der Waals surface area contributed by atoms with E-state index in [0.29, 0.717) is 23.7 Å². The molecule has 11 heterocycles. The number of nitrogens with zero attached hydrogens (tertiary/aromatic N) is 4. The molecule has 0 radical (unpaired) electrons. The molecule has 10 aliphatic heterocycles. The Morgan fingerprint density at radius 3 is 1.41 bits per heavy atom. The minimum atomic E-state index is -0.836. The van der Waals surface area contributed by atoms with E-state index in [-0.39, 0.29) is 24.2 Å². The summed E-state index contributed by atoms with van der Waals surface area (Å²) in [6.07, 6.45) is 15.4. The molecular formula is C66H68N8O4. The van der Waals surface area contributed by atoms with Crippen molar-refractivity contribution in [2.75, 3.05) is 61.7 Å². The molecule has 6 saturated heterocycles. The van der Waals surface area contributed by atoms with Gasteiger partial charge in [0.25, 0.3) is 0 Å². The molecule has 14 atom stereocenters. The van der Waals surface area contributed by atoms with Crippen molar-refractivity contribution in [1.29, 1.82) is 0 Å². The summed E-state index contributed by atoms with van der Waals surface area (Å²) in [4.78, 5) is 4.99. The van der Waals surface area contributed by atoms with Crippen molar-refractivity contribution in [2.24, 2.45) is 23.7 Å². The van der Waals surface area contributed by atoms with Gasteiger partial charge in [-0.15, -0.1) is 13.2 Å². The van der Waals surface area contributed by atoms with E-state index in [1.807, 2.05) is 12.1 Å². The fourth-order valence-corrected chi connectivity index (χ4v) is 15.0. The first kappa shape index (κ1) is 48.9. The number of anilines is 4. The van der Waals surface area contributed by atoms with Crippen LogP contribution in [0.4, 0.5) is 22.7 Å². The lowest BCUT2D eigenvalue weighted by molar-refractivity contribution is -0.0256. The summed E-state index contributed by atoms with van der Waals surface area (Å²) in [5.41, 5.74) is 13.1. The van der Waals surface area contributed by atoms with Crippen molar-refractivity contribution in [2.45, 2.75) is 74.1 Å². The summed E-state index contributed by atoms with van der Waals surface area (Å²) in [6, 6.07) is 35.7. The van der Waals surface area contributed by atoms with E-state index in [0.717, 1.165) is 153 Å². The highest BCUT2D eigenvalue weighted by Crippen LogP contribution is 2.53. The van der Waals surface area contributed by atoms with Gasteiger partial charge in [-0.3, -0.25) is 9.80 Å². The average Bonchev–Trinajstić information content (AvgIpc) is 3.67. The van der Waals surface area contributed by atoms with Crippen LogP contribution in [-0.2, 0) is 0 Å². The minimum absolute atomic E-state index is 0.0961. The summed E-state index contributed by atoms with van der Waals surface area (Å²) >= 11 is 0. The van der Waals surface area contributed by atoms with Crippen LogP contribution in [0.25, 0.3) is 34.1 Å². The lowest BCUT2D eigenvalue weighted by atomic mass is 9.71. The largest absolute Gasteiger partial charge is 0.497 e. The van der Waals surface area contributed by atoms with E-state index in [1.54, 1.807) is 14.2 Å². The van der Waals surface area contributed by atoms with Gasteiger partial charge in [-0.25, -0.2) is 0 Å². The van der Waals surface area contributed by atoms with Crippen LogP contribution in [0.5, 0.6) is 11.5 Å². The van der Waals surface area contributed by atoms with Gasteiger partial charge >= 0.3 is 0 Å². The van der Waals surface area contributed by atoms with Gasteiger partial charge in [0, 0.05) is 69.8 Å². The summed E-state index contributed by atoms with van der Waals surface area (Å²) < 4.78 is 11.9. The zero-order chi connectivity index (χ0) is 52.8. The molecule has 6 unspecified atom stereocenters. The van der Waals surface area contributed by atoms with Crippen LogP contribution < -0.4 is 30.7 Å². The van der Waals surface area contributed by atoms with Crippen LogP contribution in [0.2, 0.25) is 0 Å². The third-order valence-corrected chi connectivity index (χ3v) is 18.9. The highest BCUT2D eigenvalue weighted by Gasteiger charge is 2.48. The van der Waals surface area contributed by atoms with Gasteiger partial charge in [-0.1, -0.05) is 97.1 Å². The van der Waals surface area contributed by atoms with Crippen LogP contribution in [0.1, 0.15) is 71.4 Å². The van der Waals surface area contributed by atoms with Crippen LogP contribution in [0.3, 0.4) is 0 Å². The topological polar surface area (TPSA) is 139 Å². The molecule has 12 heteroatoms. The van der Waals surface area contributed by atoms with Crippen molar-refractivity contribution in [3.05, 3.63) is 191 Å². The summed E-state index contributed by atoms with van der Waals surface area (Å²) in [7, 11) is 3.40. The first-order chi connectivity index (χ1) is 38.3. The number of aliphatic hydroxyl groups is 2. The molecule has 1 aromatic heterocycles. The van der Waals surface area contributed by atoms with Crippen LogP contribution in [-0.4, -0.2) is 107 Å². The second kappa shape index (κ2) is 19.8. The van der Waals surface area contributed by atoms with E-state index in [2.05, 4.69) is 178 Å². The molecule has 0 saturated carbocycles. The Morgan fingerprint density at radius 2 is 1.00 bits per heavy atom. The second-order valence-electron chi connectivity index (χ2n) is 22.8. The molecule has 12 nitrogen and oxygen atoms in total. The zero-order valence-electron chi connectivity index (χ0n) is 44.4. The van der Waals surface area contributed by atoms with Crippen molar-refractivity contribution in [3.63, 3.8) is 0 Å². The number of aromatic nitrogens is 2. The number of hydrogen-bond donors (Lipinski definition) is 6. The molecule has 16 rings (SSSR count). The summed E-state index contributed by atoms with van der Waals surface area (Å²) in [6.45, 7) is 12.1. The number of fused-ring (bicyclic) bond motifs is 11. The molecule has 6 aromatic rings. The standard InChI is InChI=1S/C66H68N8O4/c1-5-37-35-73-29-27-41(37)31-55(73)65(75)57-47-33-43(77-3)21-25-51(47)69-63(59(57)53-23-19-39-13-7-11-17-49(39)67-53)61-45-15-9-10-16-46(45)62(72-71-61)64-60(54-24-20-40-14-8-12-18-50(40)68-54)58(48-34-44(78-4)22-26-52(48)70-64)66(76)56-32-42-28-30-74(56)36-38(42)6-2/h5-26,33-34,37-38,41-42,53-56,63-70,75-76H,1-2,27-32,35-36H2,3-4H3/t37-,38-,41-,42-,53?,54?,55+,56+,63?,64?,65+,66+/m0/s1. The quantitative estimate of drug-likeness (QED) is 0.0651. The number of benzene rings is 5. The van der Waals surface area contributed by atoms with E-state index >= 15 is 0 Å². The molecule has 0 amide bonds. The lowest BCUT2D eigenvalue weighted by Gasteiger charge is -2.51. The number of hydrogen-bond acceptors (Lipinski definition) is 12. The first-order valence-corrected chi connectivity index (χ1v) is 28.1. The number of rotatable bonds is 12. The van der Waals surface area contributed by atoms with E-state index in [4.69, 9.17) is 19.7 Å². The third kappa shape index (κ3) is 8.09. The van der Waals surface area contributed by atoms with Gasteiger partial charge in [0.2, 0.25) is 0 Å². The van der Waals surface area contributed by atoms with Gasteiger partial charge < -0.3 is 41.0 Å². The van der Waals surface area contributed by atoms with Crippen molar-refractivity contribution in [3.8, 4) is 11.5 Å². The van der Waals surface area contributed by atoms with Gasteiger partial charge in [-0.05, 0) is 144 Å². The molecule has 396 valence electrons. The predicted octanol–water partition coefficient (Wildman–Crippen LogP) is 11.0. The Balaban J connectivity index is 0.960. The molecule has 0 aliphatic carbocycles. The van der Waals surface area contributed by atoms with Crippen LogP contribution >= 0.6 is 0 Å². The SMILES string of the molecule is C=C[C@H]1CN2CC[C@H]1C[C@@H]2[C@@H](O)C1=C(C2C=Cc3ccccc3N2)C(c2nnc(C3Nc4ccc(OC)cc4C([C@H](O)[C@H]4C[C@@H]5CCN4C[C@@H]5C=C)=C3C3C=Cc4ccccc4N3)c3ccccc23)Nc2ccc(OC)cc21. The maximum Gasteiger partial charge on any atom is 0.119 e. The number of methoxy groups -OCH3 is 2. The first-order valence-electron chi connectivity index (χ1n) is 28.1. The smallest absolute Gasteiger partial charge is 0.119 e. The van der Waals surface area contributed by atoms with Crippen LogP contribution in [0.15, 0.2) is 158 Å². The highest BCUT2D eigenvalue weighted by molar-refractivity contribution is 5.95. The number of nitrogens with one attached hydrogen (secondary N) is 4. The normalized spacial score (nSPS) is 29.8. The van der Waals surface area contributed by atoms with E-state index in [9.17, 15) is 10.2 Å². The Morgan fingerprint density at radius 1 is 0.564 bits per heavy atom. The van der Waals surface area contributed by atoms with Gasteiger partial charge in [-0.2, -0.15) is 10.2 Å². The van der Waals surface area contributed by atoms with Crippen molar-refractivity contribution in [1.82, 2.24) is 20.0 Å². The second-order valence-corrected chi connectivity index (χ2v) is 22.8. The molecule has 78 heavy (non-hydrogen) atoms. The average molecular weight is 1040 g/mol. The Kier molecular flexibility index (Phi) is 12.4. The van der Waals surface area contributed by atoms with Crippen LogP contribution in [0, 0.1) is 23.7 Å². The van der Waals surface area contributed by atoms with Crippen molar-refractivity contribution >= 4 is 56.8 Å². The Hall–Kier alpha value is -7.48. The monoisotopic (exact) mass is 1040 g/mol. The summed E-state index contributed by atoms with van der Waals surface area (Å²) in [5, 5.41) is 55.4. The fraction of sp³-hybridized carbons (Fsp3) is 0.333. The van der Waals surface area contributed by atoms with E-state index < -0.39 is 24.3 Å². The van der Waals surface area contributed by atoms with E-state index in [1.165, 1.54) is 0 Å².